The number of hydrogen-bond acceptors (Lipinski definition) is 3. The largest absolute Gasteiger partial charge is 0.509 e. The van der Waals surface area contributed by atoms with Gasteiger partial charge in [-0.2, -0.15) is 0 Å². The molecule has 0 aromatic heterocycles. The first-order valence-electron chi connectivity index (χ1n) is 9.51. The van der Waals surface area contributed by atoms with Crippen molar-refractivity contribution in [2.45, 2.75) is 39.2 Å². The number of aliphatic hydroxyl groups is 1. The highest BCUT2D eigenvalue weighted by atomic mass is 35.5. The Morgan fingerprint density at radius 3 is 2.14 bits per heavy atom. The van der Waals surface area contributed by atoms with Crippen molar-refractivity contribution in [1.82, 2.24) is 5.32 Å². The molecule has 0 radical (unpaired) electrons. The Hall–Kier alpha value is -2.30. The van der Waals surface area contributed by atoms with Crippen molar-refractivity contribution in [2.75, 3.05) is 13.7 Å². The maximum Gasteiger partial charge on any atom is 0.256 e. The van der Waals surface area contributed by atoms with Crippen LogP contribution < -0.4 is 5.32 Å². The predicted octanol–water partition coefficient (Wildman–Crippen LogP) is 4.94. The molecule has 1 aliphatic rings. The zero-order valence-electron chi connectivity index (χ0n) is 16.7. The number of amides is 1. The average Bonchev–Trinajstić information content (AvgIpc) is 2.90. The summed E-state index contributed by atoms with van der Waals surface area (Å²) < 4.78 is 5.21. The molecule has 5 heteroatoms. The second-order valence-electron chi connectivity index (χ2n) is 7.33. The number of hydrogen-bond donors (Lipinski definition) is 2. The van der Waals surface area contributed by atoms with E-state index in [1.54, 1.807) is 14.0 Å². The van der Waals surface area contributed by atoms with Gasteiger partial charge in [0.1, 0.15) is 11.3 Å². The molecule has 0 spiro atoms. The fourth-order valence-electron chi connectivity index (χ4n) is 3.84. The minimum absolute atomic E-state index is 0.0444. The summed E-state index contributed by atoms with van der Waals surface area (Å²) >= 11 is 6.02. The Balaban J connectivity index is 2.20. The third-order valence-electron chi connectivity index (χ3n) is 5.30. The van der Waals surface area contributed by atoms with E-state index in [0.29, 0.717) is 10.6 Å². The standard InChI is InChI=1S/C23H26ClNO3/c1-5-14-11-17(16-7-9-18(24)10-8-16)12-15(6-2)19(14)20-21(26)23(3,13-28-4)25-22(20)27/h7-12,26H,5-6,13H2,1-4H3,(H,25,27). The Labute approximate surface area is 171 Å². The maximum atomic E-state index is 12.8. The fraction of sp³-hybridized carbons (Fsp3) is 0.348. The molecule has 1 atom stereocenters. The van der Waals surface area contributed by atoms with Gasteiger partial charge in [-0.25, -0.2) is 0 Å². The molecular weight excluding hydrogens is 374 g/mol. The number of benzene rings is 2. The SMILES string of the molecule is CCc1cc(-c2ccc(Cl)cc2)cc(CC)c1C1=C(O)C(C)(COC)NC1=O. The maximum absolute atomic E-state index is 12.8. The Morgan fingerprint density at radius 2 is 1.64 bits per heavy atom. The second-order valence-corrected chi connectivity index (χ2v) is 7.76. The van der Waals surface area contributed by atoms with Crippen LogP contribution in [0.4, 0.5) is 0 Å². The van der Waals surface area contributed by atoms with Crippen LogP contribution in [0.5, 0.6) is 0 Å². The molecule has 2 aromatic carbocycles. The van der Waals surface area contributed by atoms with Gasteiger partial charge in [-0.05, 0) is 59.7 Å². The molecule has 1 unspecified atom stereocenters. The second kappa shape index (κ2) is 7.98. The topological polar surface area (TPSA) is 58.6 Å². The van der Waals surface area contributed by atoms with Gasteiger partial charge >= 0.3 is 0 Å². The summed E-state index contributed by atoms with van der Waals surface area (Å²) in [7, 11) is 1.55. The van der Waals surface area contributed by atoms with Crippen LogP contribution in [0.15, 0.2) is 42.2 Å². The molecule has 0 fully saturated rings. The van der Waals surface area contributed by atoms with E-state index in [9.17, 15) is 9.90 Å². The van der Waals surface area contributed by atoms with Gasteiger partial charge in [0.25, 0.3) is 5.91 Å². The van der Waals surface area contributed by atoms with Gasteiger partial charge in [0.15, 0.2) is 0 Å². The van der Waals surface area contributed by atoms with Crippen LogP contribution in [0.2, 0.25) is 5.02 Å². The van der Waals surface area contributed by atoms with Gasteiger partial charge in [0, 0.05) is 12.1 Å². The highest BCUT2D eigenvalue weighted by Gasteiger charge is 2.43. The molecule has 4 nitrogen and oxygen atoms in total. The number of aliphatic hydroxyl groups excluding tert-OH is 1. The minimum Gasteiger partial charge on any atom is -0.509 e. The molecule has 2 aromatic rings. The van der Waals surface area contributed by atoms with E-state index >= 15 is 0 Å². The van der Waals surface area contributed by atoms with E-state index in [1.165, 1.54) is 0 Å². The normalized spacial score (nSPS) is 19.2. The fourth-order valence-corrected chi connectivity index (χ4v) is 3.96. The molecule has 0 aliphatic carbocycles. The first kappa shape index (κ1) is 20.4. The van der Waals surface area contributed by atoms with E-state index < -0.39 is 5.54 Å². The third kappa shape index (κ3) is 3.54. The minimum atomic E-state index is -0.911. The van der Waals surface area contributed by atoms with E-state index in [2.05, 4.69) is 31.3 Å². The van der Waals surface area contributed by atoms with Crippen molar-refractivity contribution in [3.8, 4) is 11.1 Å². The Bertz CT molecular complexity index is 908. The van der Waals surface area contributed by atoms with E-state index in [-0.39, 0.29) is 18.3 Å². The molecule has 3 rings (SSSR count). The molecular formula is C23H26ClNO3. The van der Waals surface area contributed by atoms with Crippen LogP contribution in [0.25, 0.3) is 16.7 Å². The molecule has 28 heavy (non-hydrogen) atoms. The first-order chi connectivity index (χ1) is 13.3. The number of halogens is 1. The monoisotopic (exact) mass is 399 g/mol. The van der Waals surface area contributed by atoms with Gasteiger partial charge in [0.05, 0.1) is 12.2 Å². The summed E-state index contributed by atoms with van der Waals surface area (Å²) in [6.07, 6.45) is 1.49. The van der Waals surface area contributed by atoms with Crippen LogP contribution in [-0.4, -0.2) is 30.3 Å². The smallest absolute Gasteiger partial charge is 0.256 e. The summed E-state index contributed by atoms with van der Waals surface area (Å²) in [5.74, 6) is -0.219. The number of rotatable bonds is 6. The molecule has 1 amide bonds. The van der Waals surface area contributed by atoms with Crippen molar-refractivity contribution in [1.29, 1.82) is 0 Å². The van der Waals surface area contributed by atoms with Crippen molar-refractivity contribution < 1.29 is 14.6 Å². The first-order valence-corrected chi connectivity index (χ1v) is 9.89. The van der Waals surface area contributed by atoms with Crippen LogP contribution >= 0.6 is 11.6 Å². The lowest BCUT2D eigenvalue weighted by atomic mass is 9.86. The summed E-state index contributed by atoms with van der Waals surface area (Å²) in [6.45, 7) is 6.10. The average molecular weight is 400 g/mol. The zero-order chi connectivity index (χ0) is 20.5. The highest BCUT2D eigenvalue weighted by molar-refractivity contribution is 6.30. The number of aryl methyl sites for hydroxylation is 2. The highest BCUT2D eigenvalue weighted by Crippen LogP contribution is 2.38. The summed E-state index contributed by atoms with van der Waals surface area (Å²) in [5.41, 5.74) is 4.48. The molecule has 2 N–H and O–H groups in total. The molecule has 148 valence electrons. The summed E-state index contributed by atoms with van der Waals surface area (Å²) in [6, 6.07) is 11.9. The number of ether oxygens (including phenoxy) is 1. The lowest BCUT2D eigenvalue weighted by Gasteiger charge is -2.23. The third-order valence-corrected chi connectivity index (χ3v) is 5.55. The molecule has 0 saturated heterocycles. The van der Waals surface area contributed by atoms with Gasteiger partial charge in [0.2, 0.25) is 0 Å². The van der Waals surface area contributed by atoms with Gasteiger partial charge in [-0.1, -0.05) is 49.7 Å². The van der Waals surface area contributed by atoms with Gasteiger partial charge in [-0.3, -0.25) is 4.79 Å². The number of methoxy groups -OCH3 is 1. The molecule has 1 aliphatic heterocycles. The van der Waals surface area contributed by atoms with Gasteiger partial charge < -0.3 is 15.2 Å². The molecule has 0 bridgehead atoms. The lowest BCUT2D eigenvalue weighted by Crippen LogP contribution is -2.45. The Morgan fingerprint density at radius 1 is 1.07 bits per heavy atom. The number of carbonyl (C=O) groups excluding carboxylic acids is 1. The zero-order valence-corrected chi connectivity index (χ0v) is 17.5. The van der Waals surface area contributed by atoms with E-state index in [4.69, 9.17) is 16.3 Å². The van der Waals surface area contributed by atoms with Crippen LogP contribution in [0, 0.1) is 0 Å². The van der Waals surface area contributed by atoms with Crippen LogP contribution in [-0.2, 0) is 22.4 Å². The van der Waals surface area contributed by atoms with E-state index in [0.717, 1.165) is 40.7 Å². The quantitative estimate of drug-likeness (QED) is 0.723. The molecule has 1 heterocycles. The number of nitrogens with one attached hydrogen (secondary N) is 1. The molecule has 0 saturated carbocycles. The van der Waals surface area contributed by atoms with Crippen molar-refractivity contribution in [3.05, 3.63) is 63.9 Å². The van der Waals surface area contributed by atoms with Crippen molar-refractivity contribution in [2.24, 2.45) is 0 Å². The lowest BCUT2D eigenvalue weighted by molar-refractivity contribution is -0.116. The van der Waals surface area contributed by atoms with Crippen molar-refractivity contribution >= 4 is 23.1 Å². The summed E-state index contributed by atoms with van der Waals surface area (Å²) in [4.78, 5) is 12.8. The predicted molar refractivity (Wildman–Crippen MR) is 114 cm³/mol. The van der Waals surface area contributed by atoms with Crippen molar-refractivity contribution in [3.63, 3.8) is 0 Å². The van der Waals surface area contributed by atoms with E-state index in [1.807, 2.05) is 24.3 Å². The van der Waals surface area contributed by atoms with Crippen LogP contribution in [0.1, 0.15) is 37.5 Å². The van der Waals surface area contributed by atoms with Crippen LogP contribution in [0.3, 0.4) is 0 Å². The Kier molecular flexibility index (Phi) is 5.82. The van der Waals surface area contributed by atoms with Gasteiger partial charge in [-0.15, -0.1) is 0 Å². The summed E-state index contributed by atoms with van der Waals surface area (Å²) in [5, 5.41) is 14.5. The number of carbonyl (C=O) groups is 1.